The smallest absolute Gasteiger partial charge is 0.323 e. The Morgan fingerprint density at radius 2 is 2.08 bits per heavy atom. The number of carbonyl (C=O) groups excluding carboxylic acids is 1. The first kappa shape index (κ1) is 25.6. The Hall–Kier alpha value is -4.06. The van der Waals surface area contributed by atoms with E-state index in [0.29, 0.717) is 18.2 Å². The average Bonchev–Trinajstić information content (AvgIpc) is 3.50. The molecule has 2 aliphatic rings. The summed E-state index contributed by atoms with van der Waals surface area (Å²) >= 11 is 0. The number of aryl methyl sites for hydroxylation is 1. The van der Waals surface area contributed by atoms with Gasteiger partial charge in [0.05, 0.1) is 24.5 Å². The van der Waals surface area contributed by atoms with Crippen LogP contribution < -0.4 is 20.7 Å². The number of anilines is 2. The van der Waals surface area contributed by atoms with Gasteiger partial charge < -0.3 is 30.2 Å². The number of urea groups is 1. The maximum atomic E-state index is 13.3. The zero-order chi connectivity index (χ0) is 26.8. The van der Waals surface area contributed by atoms with Gasteiger partial charge in [-0.2, -0.15) is 0 Å². The zero-order valence-corrected chi connectivity index (χ0v) is 22.6. The van der Waals surface area contributed by atoms with E-state index in [1.807, 2.05) is 50.5 Å². The second-order valence-corrected chi connectivity index (χ2v) is 9.78. The lowest BCUT2D eigenvalue weighted by Gasteiger charge is -2.36. The second-order valence-electron chi connectivity index (χ2n) is 9.78. The molecule has 1 unspecified atom stereocenters. The van der Waals surface area contributed by atoms with Gasteiger partial charge in [0.25, 0.3) is 5.88 Å². The van der Waals surface area contributed by atoms with E-state index in [4.69, 9.17) is 9.73 Å². The minimum absolute atomic E-state index is 0.122. The van der Waals surface area contributed by atoms with Gasteiger partial charge in [0.2, 0.25) is 0 Å². The molecule has 0 aromatic carbocycles. The molecule has 4 N–H and O–H groups in total. The summed E-state index contributed by atoms with van der Waals surface area (Å²) in [7, 11) is 5.55. The maximum absolute atomic E-state index is 13.3. The Balaban J connectivity index is 1.38. The van der Waals surface area contributed by atoms with Gasteiger partial charge in [0, 0.05) is 49.2 Å². The van der Waals surface area contributed by atoms with E-state index in [1.165, 1.54) is 0 Å². The number of aromatic amines is 1. The van der Waals surface area contributed by atoms with Gasteiger partial charge in [-0.05, 0) is 58.5 Å². The lowest BCUT2D eigenvalue weighted by atomic mass is 10.0. The number of carbonyl (C=O) groups is 1. The minimum Gasteiger partial charge on any atom is -0.478 e. The van der Waals surface area contributed by atoms with Crippen LogP contribution in [-0.2, 0) is 7.05 Å². The normalized spacial score (nSPS) is 18.5. The molecule has 3 aromatic rings. The Morgan fingerprint density at radius 1 is 1.29 bits per heavy atom. The number of aromatic nitrogens is 4. The lowest BCUT2D eigenvalue weighted by Crippen LogP contribution is -2.48. The zero-order valence-electron chi connectivity index (χ0n) is 22.6. The van der Waals surface area contributed by atoms with Crippen LogP contribution in [0.3, 0.4) is 0 Å². The number of rotatable bonds is 7. The highest BCUT2D eigenvalue weighted by Crippen LogP contribution is 2.28. The number of amides is 2. The van der Waals surface area contributed by atoms with Crippen LogP contribution in [0.1, 0.15) is 32.3 Å². The molecule has 3 aromatic heterocycles. The third kappa shape index (κ3) is 5.03. The molecule has 5 heterocycles. The molecule has 1 fully saturated rings. The predicted molar refractivity (Wildman–Crippen MR) is 149 cm³/mol. The van der Waals surface area contributed by atoms with E-state index in [1.54, 1.807) is 18.0 Å². The van der Waals surface area contributed by atoms with Crippen LogP contribution in [0.25, 0.3) is 10.9 Å². The van der Waals surface area contributed by atoms with Gasteiger partial charge in [0.15, 0.2) is 12.1 Å². The van der Waals surface area contributed by atoms with Gasteiger partial charge in [0.1, 0.15) is 5.69 Å². The molecule has 12 heteroatoms. The molecule has 0 saturated carbocycles. The molecule has 12 nitrogen and oxygen atoms in total. The highest BCUT2D eigenvalue weighted by Gasteiger charge is 2.27. The quantitative estimate of drug-likeness (QED) is 0.377. The number of nitrogens with one attached hydrogen (secondary N) is 4. The fraction of sp³-hybridized carbons (Fsp3) is 0.462. The van der Waals surface area contributed by atoms with E-state index in [-0.39, 0.29) is 12.1 Å². The average molecular weight is 521 g/mol. The monoisotopic (exact) mass is 520 g/mol. The van der Waals surface area contributed by atoms with Crippen LogP contribution in [-0.4, -0.2) is 87.4 Å². The van der Waals surface area contributed by atoms with Crippen LogP contribution in [0.4, 0.5) is 16.3 Å². The first-order chi connectivity index (χ1) is 18.4. The second kappa shape index (κ2) is 10.7. The number of piperidine rings is 1. The molecule has 0 aliphatic carbocycles. The van der Waals surface area contributed by atoms with Crippen molar-refractivity contribution in [2.24, 2.45) is 12.0 Å². The largest absolute Gasteiger partial charge is 0.478 e. The topological polar surface area (TPSA) is 128 Å². The number of likely N-dealkylation sites (tertiary alicyclic amines) is 1. The number of H-pyrrole nitrogens is 1. The summed E-state index contributed by atoms with van der Waals surface area (Å²) in [5.74, 6) is 1.01. The Kier molecular flexibility index (Phi) is 7.23. The molecule has 0 spiro atoms. The summed E-state index contributed by atoms with van der Waals surface area (Å²) in [6.45, 7) is 6.67. The highest BCUT2D eigenvalue weighted by atomic mass is 16.5. The number of methoxy groups -OCH3 is 1. The number of pyridine rings is 1. The van der Waals surface area contributed by atoms with Crippen molar-refractivity contribution >= 4 is 34.2 Å². The Bertz CT molecular complexity index is 1370. The standard InChI is InChI=1S/C26H36N10O2/c1-6-36(17-8-11-34(3)12-9-17)26(37)32-23-22-18(7-10-27-23)19(14-28-22)21-16(2)13-29-25(31-21)30-20-15-35(4)33-24(20)38-5/h7,10,13-15,17,25,28-30H,6,8-9,11-12H2,1-5H3,(H,27,32,37). The number of aliphatic imine (C=N–C) groups is 1. The summed E-state index contributed by atoms with van der Waals surface area (Å²) in [6, 6.07) is 2.05. The predicted octanol–water partition coefficient (Wildman–Crippen LogP) is 2.94. The number of hydrogen-bond acceptors (Lipinski definition) is 8. The van der Waals surface area contributed by atoms with E-state index in [9.17, 15) is 4.79 Å². The number of ether oxygens (including phenoxy) is 1. The van der Waals surface area contributed by atoms with E-state index in [2.05, 4.69) is 43.0 Å². The van der Waals surface area contributed by atoms with E-state index < -0.39 is 6.29 Å². The van der Waals surface area contributed by atoms with Crippen molar-refractivity contribution in [2.45, 2.75) is 39.0 Å². The molecule has 1 atom stereocenters. The maximum Gasteiger partial charge on any atom is 0.323 e. The number of hydrogen-bond donors (Lipinski definition) is 4. The number of fused-ring (bicyclic) bond motifs is 1. The van der Waals surface area contributed by atoms with E-state index >= 15 is 0 Å². The van der Waals surface area contributed by atoms with Crippen molar-refractivity contribution in [1.29, 1.82) is 0 Å². The first-order valence-electron chi connectivity index (χ1n) is 13.0. The minimum atomic E-state index is -0.412. The molecule has 2 amide bonds. The third-order valence-corrected chi connectivity index (χ3v) is 7.18. The fourth-order valence-corrected chi connectivity index (χ4v) is 5.15. The molecule has 1 saturated heterocycles. The molecular formula is C26H36N10O2. The molecule has 2 aliphatic heterocycles. The lowest BCUT2D eigenvalue weighted by molar-refractivity contribution is 0.143. The SMILES string of the molecule is CCN(C(=O)Nc1nccc2c(C3=NC(Nc4cn(C)nc4OC)NC=C3C)c[nH]c12)C1CCN(C)CC1. The summed E-state index contributed by atoms with van der Waals surface area (Å²) in [5.41, 5.74) is 4.26. The number of allylic oxidation sites excluding steroid dienone is 1. The van der Waals surface area contributed by atoms with Gasteiger partial charge >= 0.3 is 6.03 Å². The van der Waals surface area contributed by atoms with Crippen molar-refractivity contribution in [3.05, 3.63) is 42.0 Å². The fourth-order valence-electron chi connectivity index (χ4n) is 5.15. The third-order valence-electron chi connectivity index (χ3n) is 7.18. The van der Waals surface area contributed by atoms with Gasteiger partial charge in [-0.3, -0.25) is 10.00 Å². The molecule has 38 heavy (non-hydrogen) atoms. The van der Waals surface area contributed by atoms with Gasteiger partial charge in [-0.15, -0.1) is 5.10 Å². The summed E-state index contributed by atoms with van der Waals surface area (Å²) < 4.78 is 7.05. The van der Waals surface area contributed by atoms with Crippen LogP contribution in [0.15, 0.2) is 41.4 Å². The number of nitrogens with zero attached hydrogens (tertiary/aromatic N) is 6. The van der Waals surface area contributed by atoms with Gasteiger partial charge in [-0.25, -0.2) is 14.8 Å². The molecule has 5 rings (SSSR count). The summed E-state index contributed by atoms with van der Waals surface area (Å²) in [4.78, 5) is 30.2. The Morgan fingerprint density at radius 3 is 2.82 bits per heavy atom. The van der Waals surface area contributed by atoms with Crippen molar-refractivity contribution in [2.75, 3.05) is 44.4 Å². The highest BCUT2D eigenvalue weighted by molar-refractivity contribution is 6.20. The van der Waals surface area contributed by atoms with Crippen molar-refractivity contribution < 1.29 is 9.53 Å². The van der Waals surface area contributed by atoms with Crippen LogP contribution >= 0.6 is 0 Å². The van der Waals surface area contributed by atoms with Crippen LogP contribution in [0.2, 0.25) is 0 Å². The van der Waals surface area contributed by atoms with Crippen molar-refractivity contribution in [3.8, 4) is 5.88 Å². The van der Waals surface area contributed by atoms with E-state index in [0.717, 1.165) is 59.4 Å². The van der Waals surface area contributed by atoms with Crippen molar-refractivity contribution in [3.63, 3.8) is 0 Å². The molecule has 202 valence electrons. The first-order valence-corrected chi connectivity index (χ1v) is 13.0. The summed E-state index contributed by atoms with van der Waals surface area (Å²) in [6.07, 6.45) is 8.96. The van der Waals surface area contributed by atoms with Crippen LogP contribution in [0.5, 0.6) is 5.88 Å². The van der Waals surface area contributed by atoms with Gasteiger partial charge in [-0.1, -0.05) is 0 Å². The van der Waals surface area contributed by atoms with Crippen LogP contribution in [0, 0.1) is 0 Å². The summed E-state index contributed by atoms with van der Waals surface area (Å²) in [5, 5.41) is 14.9. The Labute approximate surface area is 222 Å². The molecule has 0 bridgehead atoms. The molecular weight excluding hydrogens is 484 g/mol. The van der Waals surface area contributed by atoms with Crippen molar-refractivity contribution in [1.82, 2.24) is 34.9 Å². The molecule has 0 radical (unpaired) electrons.